The molecule has 24 heavy (non-hydrogen) atoms. The molecule has 5 nitrogen and oxygen atoms in total. The summed E-state index contributed by atoms with van der Waals surface area (Å²) in [6.07, 6.45) is 4.87. The number of amides is 2. The van der Waals surface area contributed by atoms with Gasteiger partial charge in [-0.05, 0) is 25.5 Å². The number of hydrogen-bond donors (Lipinski definition) is 2. The number of nitrogens with one attached hydrogen (secondary N) is 2. The zero-order valence-corrected chi connectivity index (χ0v) is 14.4. The van der Waals surface area contributed by atoms with Gasteiger partial charge in [0, 0.05) is 25.0 Å². The quantitative estimate of drug-likeness (QED) is 0.859. The van der Waals surface area contributed by atoms with Gasteiger partial charge in [0.1, 0.15) is 0 Å². The molecule has 1 aliphatic heterocycles. The highest BCUT2D eigenvalue weighted by molar-refractivity contribution is 5.88. The second-order valence-electron chi connectivity index (χ2n) is 7.12. The van der Waals surface area contributed by atoms with E-state index in [1.54, 1.807) is 0 Å². The molecule has 0 bridgehead atoms. The average molecular weight is 329 g/mol. The Bertz CT molecular complexity index is 582. The van der Waals surface area contributed by atoms with Gasteiger partial charge in [0.2, 0.25) is 11.8 Å². The highest BCUT2D eigenvalue weighted by Crippen LogP contribution is 2.40. The SMILES string of the molecule is CN1CCNC(=O)C1CC(=O)NCC1(c2ccccc2)CCCC1. The lowest BCUT2D eigenvalue weighted by atomic mass is 9.79. The summed E-state index contributed by atoms with van der Waals surface area (Å²) in [5, 5.41) is 5.94. The molecule has 2 fully saturated rings. The lowest BCUT2D eigenvalue weighted by Gasteiger charge is -2.33. The third-order valence-electron chi connectivity index (χ3n) is 5.55. The van der Waals surface area contributed by atoms with Crippen LogP contribution in [-0.4, -0.2) is 49.4 Å². The minimum absolute atomic E-state index is 0.0360. The van der Waals surface area contributed by atoms with Gasteiger partial charge in [-0.25, -0.2) is 0 Å². The van der Waals surface area contributed by atoms with Crippen LogP contribution in [0.5, 0.6) is 0 Å². The topological polar surface area (TPSA) is 61.4 Å². The third kappa shape index (κ3) is 3.61. The van der Waals surface area contributed by atoms with E-state index in [-0.39, 0.29) is 29.7 Å². The largest absolute Gasteiger partial charge is 0.355 e. The number of rotatable bonds is 5. The van der Waals surface area contributed by atoms with Gasteiger partial charge in [-0.1, -0.05) is 43.2 Å². The third-order valence-corrected chi connectivity index (χ3v) is 5.55. The summed E-state index contributed by atoms with van der Waals surface area (Å²) < 4.78 is 0. The van der Waals surface area contributed by atoms with Crippen LogP contribution in [0.25, 0.3) is 0 Å². The van der Waals surface area contributed by atoms with E-state index in [1.165, 1.54) is 18.4 Å². The normalized spacial score (nSPS) is 23.7. The Morgan fingerprint density at radius 1 is 1.29 bits per heavy atom. The van der Waals surface area contributed by atoms with Crippen molar-refractivity contribution in [2.24, 2.45) is 0 Å². The highest BCUT2D eigenvalue weighted by Gasteiger charge is 2.36. The van der Waals surface area contributed by atoms with E-state index < -0.39 is 0 Å². The first-order chi connectivity index (χ1) is 11.6. The Morgan fingerprint density at radius 2 is 2.00 bits per heavy atom. The maximum Gasteiger partial charge on any atom is 0.237 e. The molecular formula is C19H27N3O2. The van der Waals surface area contributed by atoms with Crippen molar-refractivity contribution in [3.05, 3.63) is 35.9 Å². The van der Waals surface area contributed by atoms with Crippen LogP contribution in [0.2, 0.25) is 0 Å². The number of hydrogen-bond acceptors (Lipinski definition) is 3. The molecule has 3 rings (SSSR count). The Morgan fingerprint density at radius 3 is 2.67 bits per heavy atom. The van der Waals surface area contributed by atoms with Crippen molar-refractivity contribution in [2.45, 2.75) is 43.6 Å². The van der Waals surface area contributed by atoms with Gasteiger partial charge >= 0.3 is 0 Å². The van der Waals surface area contributed by atoms with Crippen molar-refractivity contribution in [2.75, 3.05) is 26.7 Å². The van der Waals surface area contributed by atoms with Crippen LogP contribution in [0.3, 0.4) is 0 Å². The van der Waals surface area contributed by atoms with Crippen molar-refractivity contribution in [1.29, 1.82) is 0 Å². The number of likely N-dealkylation sites (N-methyl/N-ethyl adjacent to an activating group) is 1. The molecule has 0 aromatic heterocycles. The number of benzene rings is 1. The molecule has 1 aromatic carbocycles. The first-order valence-electron chi connectivity index (χ1n) is 8.91. The predicted octanol–water partition coefficient (Wildman–Crippen LogP) is 1.43. The van der Waals surface area contributed by atoms with E-state index in [4.69, 9.17) is 0 Å². The lowest BCUT2D eigenvalue weighted by molar-refractivity contribution is -0.133. The summed E-state index contributed by atoms with van der Waals surface area (Å²) in [4.78, 5) is 26.3. The number of carbonyl (C=O) groups excluding carboxylic acids is 2. The van der Waals surface area contributed by atoms with Crippen molar-refractivity contribution >= 4 is 11.8 Å². The van der Waals surface area contributed by atoms with E-state index in [0.29, 0.717) is 13.1 Å². The van der Waals surface area contributed by atoms with Crippen molar-refractivity contribution in [1.82, 2.24) is 15.5 Å². The monoisotopic (exact) mass is 329 g/mol. The summed E-state index contributed by atoms with van der Waals surface area (Å²) in [6.45, 7) is 2.11. The molecule has 0 radical (unpaired) electrons. The van der Waals surface area contributed by atoms with E-state index in [1.807, 2.05) is 18.0 Å². The van der Waals surface area contributed by atoms with Gasteiger partial charge in [-0.15, -0.1) is 0 Å². The maximum absolute atomic E-state index is 12.4. The molecule has 130 valence electrons. The van der Waals surface area contributed by atoms with Crippen molar-refractivity contribution in [3.8, 4) is 0 Å². The zero-order valence-electron chi connectivity index (χ0n) is 14.4. The van der Waals surface area contributed by atoms with Crippen molar-refractivity contribution in [3.63, 3.8) is 0 Å². The first-order valence-corrected chi connectivity index (χ1v) is 8.91. The van der Waals surface area contributed by atoms with Crippen LogP contribution < -0.4 is 10.6 Å². The van der Waals surface area contributed by atoms with Gasteiger partial charge in [0.25, 0.3) is 0 Å². The van der Waals surface area contributed by atoms with Gasteiger partial charge in [-0.2, -0.15) is 0 Å². The Labute approximate surface area is 143 Å². The zero-order chi connectivity index (χ0) is 17.0. The minimum atomic E-state index is -0.352. The molecule has 2 amide bonds. The standard InChI is InChI=1S/C19H27N3O2/c1-22-12-11-20-18(24)16(22)13-17(23)21-14-19(9-5-6-10-19)15-7-3-2-4-8-15/h2-4,7-8,16H,5-6,9-14H2,1H3,(H,20,24)(H,21,23). The van der Waals surface area contributed by atoms with Crippen LogP contribution in [0, 0.1) is 0 Å². The van der Waals surface area contributed by atoms with Gasteiger partial charge in [0.05, 0.1) is 12.5 Å². The van der Waals surface area contributed by atoms with Crippen LogP contribution in [0.4, 0.5) is 0 Å². The second-order valence-corrected chi connectivity index (χ2v) is 7.12. The molecule has 1 saturated carbocycles. The highest BCUT2D eigenvalue weighted by atomic mass is 16.2. The van der Waals surface area contributed by atoms with Gasteiger partial charge in [0.15, 0.2) is 0 Å². The Hall–Kier alpha value is -1.88. The summed E-state index contributed by atoms with van der Waals surface area (Å²) in [6, 6.07) is 10.1. The average Bonchev–Trinajstić information content (AvgIpc) is 3.08. The van der Waals surface area contributed by atoms with E-state index in [0.717, 1.165) is 19.4 Å². The second kappa shape index (κ2) is 7.34. The summed E-state index contributed by atoms with van der Waals surface area (Å²) in [5.41, 5.74) is 1.37. The Kier molecular flexibility index (Phi) is 5.19. The van der Waals surface area contributed by atoms with Crippen LogP contribution in [0.1, 0.15) is 37.7 Å². The van der Waals surface area contributed by atoms with E-state index >= 15 is 0 Å². The summed E-state index contributed by atoms with van der Waals surface area (Å²) in [7, 11) is 1.90. The number of carbonyl (C=O) groups is 2. The molecule has 1 unspecified atom stereocenters. The van der Waals surface area contributed by atoms with Crippen LogP contribution >= 0.6 is 0 Å². The molecule has 1 aromatic rings. The first kappa shape index (κ1) is 17.0. The number of piperazine rings is 1. The van der Waals surface area contributed by atoms with E-state index in [2.05, 4.69) is 34.9 Å². The Balaban J connectivity index is 1.61. The fraction of sp³-hybridized carbons (Fsp3) is 0.579. The lowest BCUT2D eigenvalue weighted by Crippen LogP contribution is -2.55. The van der Waals surface area contributed by atoms with Gasteiger partial charge < -0.3 is 10.6 Å². The van der Waals surface area contributed by atoms with Crippen LogP contribution in [-0.2, 0) is 15.0 Å². The molecule has 5 heteroatoms. The number of nitrogens with zero attached hydrogens (tertiary/aromatic N) is 1. The van der Waals surface area contributed by atoms with Crippen molar-refractivity contribution < 1.29 is 9.59 Å². The fourth-order valence-corrected chi connectivity index (χ4v) is 4.00. The fourth-order valence-electron chi connectivity index (χ4n) is 4.00. The summed E-state index contributed by atoms with van der Waals surface area (Å²) >= 11 is 0. The maximum atomic E-state index is 12.4. The molecule has 1 heterocycles. The summed E-state index contributed by atoms with van der Waals surface area (Å²) in [5.74, 6) is -0.0800. The molecule has 2 N–H and O–H groups in total. The predicted molar refractivity (Wildman–Crippen MR) is 93.6 cm³/mol. The smallest absolute Gasteiger partial charge is 0.237 e. The molecule has 1 aliphatic carbocycles. The molecule has 2 aliphatic rings. The molecule has 1 saturated heterocycles. The molecular weight excluding hydrogens is 302 g/mol. The van der Waals surface area contributed by atoms with Gasteiger partial charge in [-0.3, -0.25) is 14.5 Å². The van der Waals surface area contributed by atoms with Crippen LogP contribution in [0.15, 0.2) is 30.3 Å². The molecule has 0 spiro atoms. The van der Waals surface area contributed by atoms with E-state index in [9.17, 15) is 9.59 Å². The molecule has 1 atom stereocenters. The minimum Gasteiger partial charge on any atom is -0.355 e.